The van der Waals surface area contributed by atoms with Crippen LogP contribution >= 0.6 is 11.6 Å². The lowest BCUT2D eigenvalue weighted by molar-refractivity contribution is -0.145. The first-order chi connectivity index (χ1) is 7.02. The van der Waals surface area contributed by atoms with Gasteiger partial charge in [-0.25, -0.2) is 0 Å². The van der Waals surface area contributed by atoms with Crippen molar-refractivity contribution < 1.29 is 14.6 Å². The van der Waals surface area contributed by atoms with E-state index in [1.807, 2.05) is 0 Å². The summed E-state index contributed by atoms with van der Waals surface area (Å²) in [6, 6.07) is 6.90. The Labute approximate surface area is 93.6 Å². The van der Waals surface area contributed by atoms with Crippen molar-refractivity contribution in [2.75, 3.05) is 13.7 Å². The highest BCUT2D eigenvalue weighted by atomic mass is 35.5. The summed E-state index contributed by atoms with van der Waals surface area (Å²) < 4.78 is 4.94. The Balaban J connectivity index is 3.21. The number of methoxy groups -OCH3 is 1. The summed E-state index contributed by atoms with van der Waals surface area (Å²) in [5.41, 5.74) is -0.534. The minimum absolute atomic E-state index is 0.0894. The van der Waals surface area contributed by atoms with E-state index < -0.39 is 11.4 Å². The van der Waals surface area contributed by atoms with Crippen molar-refractivity contribution in [1.29, 1.82) is 0 Å². The lowest BCUT2D eigenvalue weighted by Gasteiger charge is -2.25. The summed E-state index contributed by atoms with van der Waals surface area (Å²) in [6.45, 7) is 1.69. The van der Waals surface area contributed by atoms with E-state index >= 15 is 0 Å². The van der Waals surface area contributed by atoms with Crippen molar-refractivity contribution in [3.8, 4) is 0 Å². The molecule has 1 rings (SSSR count). The Morgan fingerprint density at radius 2 is 2.13 bits per heavy atom. The summed E-state index contributed by atoms with van der Waals surface area (Å²) in [7, 11) is 1.47. The second-order valence-corrected chi connectivity index (χ2v) is 3.96. The number of carbonyl (C=O) groups is 1. The van der Waals surface area contributed by atoms with Gasteiger partial charge in [0.15, 0.2) is 0 Å². The van der Waals surface area contributed by atoms with E-state index in [0.717, 1.165) is 0 Å². The third-order valence-electron chi connectivity index (χ3n) is 2.37. The maximum Gasteiger partial charge on any atom is 0.316 e. The molecule has 0 amide bonds. The first-order valence-corrected chi connectivity index (χ1v) is 4.87. The molecule has 15 heavy (non-hydrogen) atoms. The van der Waals surface area contributed by atoms with Gasteiger partial charge in [-0.05, 0) is 18.6 Å². The van der Waals surface area contributed by atoms with Crippen molar-refractivity contribution in [2.24, 2.45) is 0 Å². The molecule has 0 spiro atoms. The molecule has 0 fully saturated rings. The van der Waals surface area contributed by atoms with Gasteiger partial charge in [0.05, 0.1) is 6.61 Å². The van der Waals surface area contributed by atoms with E-state index in [1.165, 1.54) is 7.11 Å². The number of hydrogen-bond donors (Lipinski definition) is 1. The van der Waals surface area contributed by atoms with Crippen LogP contribution in [0.1, 0.15) is 12.5 Å². The fourth-order valence-corrected chi connectivity index (χ4v) is 1.80. The quantitative estimate of drug-likeness (QED) is 0.861. The SMILES string of the molecule is COCC(C)(C(=O)O)c1ccccc1Cl. The number of hydrogen-bond acceptors (Lipinski definition) is 2. The summed E-state index contributed by atoms with van der Waals surface area (Å²) in [5, 5.41) is 9.65. The minimum atomic E-state index is -1.10. The molecule has 0 radical (unpaired) electrons. The second-order valence-electron chi connectivity index (χ2n) is 3.55. The normalized spacial score (nSPS) is 14.6. The lowest BCUT2D eigenvalue weighted by atomic mass is 9.83. The Kier molecular flexibility index (Phi) is 3.72. The fraction of sp³-hybridized carbons (Fsp3) is 0.364. The predicted molar refractivity (Wildman–Crippen MR) is 58.3 cm³/mol. The van der Waals surface area contributed by atoms with Crippen molar-refractivity contribution in [2.45, 2.75) is 12.3 Å². The molecule has 0 aliphatic carbocycles. The van der Waals surface area contributed by atoms with Gasteiger partial charge < -0.3 is 9.84 Å². The molecule has 0 aliphatic rings. The zero-order valence-electron chi connectivity index (χ0n) is 8.66. The van der Waals surface area contributed by atoms with Gasteiger partial charge in [-0.15, -0.1) is 0 Å². The fourth-order valence-electron chi connectivity index (χ4n) is 1.45. The first-order valence-electron chi connectivity index (χ1n) is 4.49. The van der Waals surface area contributed by atoms with E-state index in [2.05, 4.69) is 0 Å². The molecule has 0 aliphatic heterocycles. The first kappa shape index (κ1) is 12.0. The van der Waals surface area contributed by atoms with Crippen LogP contribution in [-0.2, 0) is 14.9 Å². The van der Waals surface area contributed by atoms with E-state index in [1.54, 1.807) is 31.2 Å². The largest absolute Gasteiger partial charge is 0.481 e. The number of benzene rings is 1. The Bertz CT molecular complexity index is 365. The lowest BCUT2D eigenvalue weighted by Crippen LogP contribution is -2.37. The molecule has 1 N–H and O–H groups in total. The van der Waals surface area contributed by atoms with Crippen LogP contribution in [0.5, 0.6) is 0 Å². The van der Waals surface area contributed by atoms with E-state index in [0.29, 0.717) is 10.6 Å². The molecule has 1 aromatic rings. The summed E-state index contributed by atoms with van der Waals surface area (Å²) in [4.78, 5) is 11.2. The predicted octanol–water partition coefficient (Wildman–Crippen LogP) is 2.33. The number of aliphatic carboxylic acids is 1. The monoisotopic (exact) mass is 228 g/mol. The highest BCUT2D eigenvalue weighted by Gasteiger charge is 2.36. The molecule has 1 atom stereocenters. The van der Waals surface area contributed by atoms with Gasteiger partial charge in [-0.1, -0.05) is 29.8 Å². The number of carboxylic acids is 1. The van der Waals surface area contributed by atoms with Crippen LogP contribution in [0.25, 0.3) is 0 Å². The number of rotatable bonds is 4. The molecule has 82 valence electrons. The van der Waals surface area contributed by atoms with Gasteiger partial charge in [0.25, 0.3) is 0 Å². The van der Waals surface area contributed by atoms with Gasteiger partial charge in [0, 0.05) is 12.1 Å². The van der Waals surface area contributed by atoms with Crippen LogP contribution in [0.4, 0.5) is 0 Å². The van der Waals surface area contributed by atoms with Crippen molar-refractivity contribution in [3.63, 3.8) is 0 Å². The van der Waals surface area contributed by atoms with Gasteiger partial charge in [-0.2, -0.15) is 0 Å². The van der Waals surface area contributed by atoms with E-state index in [-0.39, 0.29) is 6.61 Å². The van der Waals surface area contributed by atoms with Crippen LogP contribution in [0.15, 0.2) is 24.3 Å². The second kappa shape index (κ2) is 4.64. The van der Waals surface area contributed by atoms with Gasteiger partial charge in [0.1, 0.15) is 5.41 Å². The molecule has 0 saturated carbocycles. The van der Waals surface area contributed by atoms with Gasteiger partial charge >= 0.3 is 5.97 Å². The maximum atomic E-state index is 11.2. The maximum absolute atomic E-state index is 11.2. The van der Waals surface area contributed by atoms with Crippen molar-refractivity contribution >= 4 is 17.6 Å². The van der Waals surface area contributed by atoms with Crippen LogP contribution in [0.3, 0.4) is 0 Å². The average Bonchev–Trinajstić information content (AvgIpc) is 2.18. The highest BCUT2D eigenvalue weighted by molar-refractivity contribution is 6.31. The van der Waals surface area contributed by atoms with Crippen LogP contribution in [0.2, 0.25) is 5.02 Å². The van der Waals surface area contributed by atoms with Gasteiger partial charge in [-0.3, -0.25) is 4.79 Å². The molecular weight excluding hydrogens is 216 g/mol. The van der Waals surface area contributed by atoms with Crippen molar-refractivity contribution in [3.05, 3.63) is 34.9 Å². The molecule has 4 heteroatoms. The molecule has 3 nitrogen and oxygen atoms in total. The third-order valence-corrected chi connectivity index (χ3v) is 2.70. The molecule has 1 unspecified atom stereocenters. The van der Waals surface area contributed by atoms with Gasteiger partial charge in [0.2, 0.25) is 0 Å². The Hall–Kier alpha value is -1.06. The summed E-state index contributed by atoms with van der Waals surface area (Å²) in [5.74, 6) is -0.947. The molecular formula is C11H13ClO3. The zero-order valence-corrected chi connectivity index (χ0v) is 9.41. The van der Waals surface area contributed by atoms with Crippen LogP contribution in [0, 0.1) is 0 Å². The smallest absolute Gasteiger partial charge is 0.316 e. The molecule has 0 saturated heterocycles. The van der Waals surface area contributed by atoms with E-state index in [9.17, 15) is 9.90 Å². The zero-order chi connectivity index (χ0) is 11.5. The molecule has 1 aromatic carbocycles. The topological polar surface area (TPSA) is 46.5 Å². The average molecular weight is 229 g/mol. The number of ether oxygens (including phenoxy) is 1. The Morgan fingerprint density at radius 3 is 2.60 bits per heavy atom. The number of carboxylic acid groups (broad SMARTS) is 1. The van der Waals surface area contributed by atoms with Crippen LogP contribution < -0.4 is 0 Å². The van der Waals surface area contributed by atoms with Crippen LogP contribution in [-0.4, -0.2) is 24.8 Å². The molecule has 0 aromatic heterocycles. The number of halogens is 1. The summed E-state index contributed by atoms with van der Waals surface area (Å²) in [6.07, 6.45) is 0. The Morgan fingerprint density at radius 1 is 1.53 bits per heavy atom. The minimum Gasteiger partial charge on any atom is -0.481 e. The van der Waals surface area contributed by atoms with Crippen molar-refractivity contribution in [1.82, 2.24) is 0 Å². The van der Waals surface area contributed by atoms with E-state index in [4.69, 9.17) is 16.3 Å². The highest BCUT2D eigenvalue weighted by Crippen LogP contribution is 2.30. The third kappa shape index (κ3) is 2.30. The summed E-state index contributed by atoms with van der Waals surface area (Å²) >= 11 is 5.97. The standard InChI is InChI=1S/C11H13ClO3/c1-11(7-15-2,10(13)14)8-5-3-4-6-9(8)12/h3-6H,7H2,1-2H3,(H,13,14). The molecule has 0 bridgehead atoms. The molecule has 0 heterocycles.